The van der Waals surface area contributed by atoms with Crippen molar-refractivity contribution in [3.63, 3.8) is 0 Å². The van der Waals surface area contributed by atoms with Crippen molar-refractivity contribution in [1.82, 2.24) is 4.90 Å². The van der Waals surface area contributed by atoms with Crippen LogP contribution in [0, 0.1) is 5.82 Å². The van der Waals surface area contributed by atoms with E-state index in [1.807, 2.05) is 0 Å². The lowest BCUT2D eigenvalue weighted by molar-refractivity contribution is 0.0595. The van der Waals surface area contributed by atoms with Gasteiger partial charge in [-0.2, -0.15) is 0 Å². The Morgan fingerprint density at radius 1 is 1.50 bits per heavy atom. The summed E-state index contributed by atoms with van der Waals surface area (Å²) in [5.74, 6) is -0.776. The summed E-state index contributed by atoms with van der Waals surface area (Å²) in [7, 11) is 0. The smallest absolute Gasteiger partial charge is 0.257 e. The van der Waals surface area contributed by atoms with Crippen LogP contribution in [0.4, 0.5) is 4.39 Å². The van der Waals surface area contributed by atoms with Crippen LogP contribution in [-0.2, 0) is 0 Å². The highest BCUT2D eigenvalue weighted by Crippen LogP contribution is 2.27. The van der Waals surface area contributed by atoms with E-state index in [9.17, 15) is 9.18 Å². The van der Waals surface area contributed by atoms with Crippen molar-refractivity contribution < 1.29 is 9.18 Å². The van der Waals surface area contributed by atoms with Gasteiger partial charge in [-0.3, -0.25) is 4.79 Å². The molecule has 1 fully saturated rings. The molecule has 1 aromatic rings. The van der Waals surface area contributed by atoms with Gasteiger partial charge in [0, 0.05) is 22.9 Å². The molecule has 0 heterocycles. The number of carbonyl (C=O) groups excluding carboxylic acids is 1. The highest BCUT2D eigenvalue weighted by Gasteiger charge is 2.30. The van der Waals surface area contributed by atoms with Crippen molar-refractivity contribution in [2.75, 3.05) is 11.9 Å². The van der Waals surface area contributed by atoms with Crippen LogP contribution in [0.5, 0.6) is 0 Å². The molecule has 0 radical (unpaired) electrons. The van der Waals surface area contributed by atoms with E-state index < -0.39 is 5.82 Å². The number of hydrogen-bond acceptors (Lipinski definition) is 1. The van der Waals surface area contributed by atoms with Gasteiger partial charge in [-0.1, -0.05) is 27.5 Å². The summed E-state index contributed by atoms with van der Waals surface area (Å²) in [6.07, 6.45) is 3.14. The minimum atomic E-state index is -0.511. The Labute approximate surface area is 119 Å². The lowest BCUT2D eigenvalue weighted by atomic mass is 9.91. The maximum Gasteiger partial charge on any atom is 0.257 e. The molecule has 18 heavy (non-hydrogen) atoms. The highest BCUT2D eigenvalue weighted by molar-refractivity contribution is 9.09. The predicted molar refractivity (Wildman–Crippen MR) is 73.9 cm³/mol. The van der Waals surface area contributed by atoms with Crippen LogP contribution in [0.25, 0.3) is 0 Å². The highest BCUT2D eigenvalue weighted by atomic mass is 79.9. The van der Waals surface area contributed by atoms with Gasteiger partial charge in [-0.25, -0.2) is 4.39 Å². The Bertz CT molecular complexity index is 451. The molecule has 1 aromatic carbocycles. The van der Waals surface area contributed by atoms with E-state index in [1.54, 1.807) is 4.90 Å². The molecular formula is C13H14BrClFNO. The number of nitrogens with zero attached hydrogens (tertiary/aromatic N) is 1. The summed E-state index contributed by atoms with van der Waals surface area (Å²) in [5, 5.41) is 1.07. The first-order valence-corrected chi connectivity index (χ1v) is 7.45. The molecular weight excluding hydrogens is 321 g/mol. The van der Waals surface area contributed by atoms with Crippen molar-refractivity contribution in [1.29, 1.82) is 0 Å². The number of benzene rings is 1. The van der Waals surface area contributed by atoms with Crippen LogP contribution in [0.2, 0.25) is 5.02 Å². The molecule has 0 saturated heterocycles. The molecule has 1 aliphatic rings. The molecule has 1 aliphatic carbocycles. The van der Waals surface area contributed by atoms with Gasteiger partial charge in [-0.15, -0.1) is 0 Å². The third-order valence-corrected chi connectivity index (χ3v) is 3.85. The second-order valence-corrected chi connectivity index (χ2v) is 5.63. The van der Waals surface area contributed by atoms with Crippen LogP contribution in [0.15, 0.2) is 18.2 Å². The summed E-state index contributed by atoms with van der Waals surface area (Å²) in [4.78, 5) is 14.1. The van der Waals surface area contributed by atoms with E-state index in [4.69, 9.17) is 11.6 Å². The number of hydrogen-bond donors (Lipinski definition) is 0. The van der Waals surface area contributed by atoms with Crippen molar-refractivity contribution in [2.45, 2.75) is 25.3 Å². The number of halogens is 3. The first-order chi connectivity index (χ1) is 8.63. The molecule has 0 aliphatic heterocycles. The van der Waals surface area contributed by atoms with Gasteiger partial charge in [0.05, 0.1) is 5.56 Å². The first-order valence-electron chi connectivity index (χ1n) is 5.95. The van der Waals surface area contributed by atoms with Crippen LogP contribution >= 0.6 is 27.5 Å². The molecule has 0 N–H and O–H groups in total. The fourth-order valence-corrected chi connectivity index (χ4v) is 2.61. The summed E-state index contributed by atoms with van der Waals surface area (Å²) < 4.78 is 13.7. The average Bonchev–Trinajstić information content (AvgIpc) is 2.28. The fourth-order valence-electron chi connectivity index (χ4n) is 2.06. The standard InChI is InChI=1S/C13H14BrClFNO/c14-6-7-17(10-2-1-3-10)13(18)11-8-9(15)4-5-12(11)16/h4-5,8,10H,1-3,6-7H2. The molecule has 0 bridgehead atoms. The monoisotopic (exact) mass is 333 g/mol. The second kappa shape index (κ2) is 6.02. The number of carbonyl (C=O) groups is 1. The third kappa shape index (κ3) is 2.86. The quantitative estimate of drug-likeness (QED) is 0.766. The Kier molecular flexibility index (Phi) is 4.62. The van der Waals surface area contributed by atoms with Gasteiger partial charge in [-0.05, 0) is 37.5 Å². The SMILES string of the molecule is O=C(c1cc(Cl)ccc1F)N(CCBr)C1CCC1. The zero-order chi connectivity index (χ0) is 13.1. The first kappa shape index (κ1) is 13.8. The van der Waals surface area contributed by atoms with E-state index >= 15 is 0 Å². The Hall–Kier alpha value is -0.610. The van der Waals surface area contributed by atoms with Gasteiger partial charge in [0.25, 0.3) is 5.91 Å². The van der Waals surface area contributed by atoms with E-state index in [-0.39, 0.29) is 17.5 Å². The molecule has 5 heteroatoms. The number of rotatable bonds is 4. The molecule has 0 unspecified atom stereocenters. The summed E-state index contributed by atoms with van der Waals surface area (Å²) in [6, 6.07) is 4.33. The molecule has 0 spiro atoms. The van der Waals surface area contributed by atoms with Crippen LogP contribution in [0.3, 0.4) is 0 Å². The van der Waals surface area contributed by atoms with Gasteiger partial charge in [0.2, 0.25) is 0 Å². The molecule has 2 rings (SSSR count). The van der Waals surface area contributed by atoms with Crippen molar-refractivity contribution in [3.8, 4) is 0 Å². The van der Waals surface area contributed by atoms with Crippen molar-refractivity contribution in [3.05, 3.63) is 34.6 Å². The van der Waals surface area contributed by atoms with Crippen LogP contribution < -0.4 is 0 Å². The summed E-state index contributed by atoms with van der Waals surface area (Å²) in [5.41, 5.74) is 0.0651. The number of alkyl halides is 1. The minimum absolute atomic E-state index is 0.0651. The Morgan fingerprint density at radius 3 is 2.78 bits per heavy atom. The lowest BCUT2D eigenvalue weighted by Crippen LogP contribution is -2.45. The molecule has 1 amide bonds. The van der Waals surface area contributed by atoms with Gasteiger partial charge >= 0.3 is 0 Å². The lowest BCUT2D eigenvalue weighted by Gasteiger charge is -2.37. The molecule has 0 atom stereocenters. The Morgan fingerprint density at radius 2 is 2.22 bits per heavy atom. The Balaban J connectivity index is 2.23. The molecule has 2 nitrogen and oxygen atoms in total. The largest absolute Gasteiger partial charge is 0.335 e. The molecule has 98 valence electrons. The van der Waals surface area contributed by atoms with Gasteiger partial charge in [0.15, 0.2) is 0 Å². The van der Waals surface area contributed by atoms with Crippen molar-refractivity contribution >= 4 is 33.4 Å². The van der Waals surface area contributed by atoms with E-state index in [0.29, 0.717) is 16.9 Å². The van der Waals surface area contributed by atoms with Gasteiger partial charge < -0.3 is 4.90 Å². The van der Waals surface area contributed by atoms with E-state index in [0.717, 1.165) is 19.3 Å². The van der Waals surface area contributed by atoms with Gasteiger partial charge in [0.1, 0.15) is 5.82 Å². The number of amides is 1. The van der Waals surface area contributed by atoms with Crippen LogP contribution in [-0.4, -0.2) is 28.7 Å². The van der Waals surface area contributed by atoms with E-state index in [1.165, 1.54) is 18.2 Å². The third-order valence-electron chi connectivity index (χ3n) is 3.26. The summed E-state index contributed by atoms with van der Waals surface area (Å²) in [6.45, 7) is 0.593. The zero-order valence-electron chi connectivity index (χ0n) is 9.83. The average molecular weight is 335 g/mol. The topological polar surface area (TPSA) is 20.3 Å². The maximum atomic E-state index is 13.7. The predicted octanol–water partition coefficient (Wildman–Crippen LogP) is 3.87. The zero-order valence-corrected chi connectivity index (χ0v) is 12.2. The minimum Gasteiger partial charge on any atom is -0.335 e. The van der Waals surface area contributed by atoms with Crippen LogP contribution in [0.1, 0.15) is 29.6 Å². The molecule has 1 saturated carbocycles. The molecule has 0 aromatic heterocycles. The normalized spacial score (nSPS) is 15.3. The summed E-state index contributed by atoms with van der Waals surface area (Å²) >= 11 is 9.16. The fraction of sp³-hybridized carbons (Fsp3) is 0.462. The van der Waals surface area contributed by atoms with E-state index in [2.05, 4.69) is 15.9 Å². The maximum absolute atomic E-state index is 13.7. The second-order valence-electron chi connectivity index (χ2n) is 4.40. The van der Waals surface area contributed by atoms with Crippen molar-refractivity contribution in [2.24, 2.45) is 0 Å².